The normalized spacial score (nSPS) is 15.2. The number of piperidine rings is 1. The van der Waals surface area contributed by atoms with Crippen molar-refractivity contribution >= 4 is 16.8 Å². The minimum absolute atomic E-state index is 0.0391. The van der Waals surface area contributed by atoms with Gasteiger partial charge in [0.1, 0.15) is 5.82 Å². The van der Waals surface area contributed by atoms with Crippen molar-refractivity contribution in [2.75, 3.05) is 13.1 Å². The quantitative estimate of drug-likeness (QED) is 0.673. The number of aryl methyl sites for hydroxylation is 2. The zero-order chi connectivity index (χ0) is 20.2. The van der Waals surface area contributed by atoms with Gasteiger partial charge in [0, 0.05) is 54.3 Å². The molecule has 2 N–H and O–H groups in total. The molecule has 0 radical (unpaired) electrons. The maximum Gasteiger partial charge on any atom is 0.222 e. The van der Waals surface area contributed by atoms with Crippen molar-refractivity contribution in [1.29, 1.82) is 0 Å². The van der Waals surface area contributed by atoms with Crippen molar-refractivity contribution in [2.24, 2.45) is 0 Å². The van der Waals surface area contributed by atoms with E-state index in [-0.39, 0.29) is 18.4 Å². The SMILES string of the molecule is Cc1ncc(CO)c(C2CCN(C(=O)CCCc3c[nH]c4ccccc34)CC2)n1. The minimum Gasteiger partial charge on any atom is -0.392 e. The summed E-state index contributed by atoms with van der Waals surface area (Å²) in [6.07, 6.45) is 7.91. The van der Waals surface area contributed by atoms with E-state index in [2.05, 4.69) is 39.3 Å². The molecule has 29 heavy (non-hydrogen) atoms. The first-order valence-electron chi connectivity index (χ1n) is 10.4. The molecule has 1 aromatic carbocycles. The number of carbonyl (C=O) groups excluding carboxylic acids is 1. The number of aromatic amines is 1. The maximum absolute atomic E-state index is 12.7. The summed E-state index contributed by atoms with van der Waals surface area (Å²) >= 11 is 0. The zero-order valence-electron chi connectivity index (χ0n) is 16.9. The van der Waals surface area contributed by atoms with Crippen molar-refractivity contribution in [1.82, 2.24) is 19.9 Å². The van der Waals surface area contributed by atoms with E-state index in [9.17, 15) is 9.90 Å². The molecule has 3 aromatic rings. The van der Waals surface area contributed by atoms with Crippen LogP contribution in [-0.4, -0.2) is 44.0 Å². The molecule has 1 aliphatic rings. The summed E-state index contributed by atoms with van der Waals surface area (Å²) in [6.45, 7) is 3.34. The molecule has 0 spiro atoms. The van der Waals surface area contributed by atoms with Gasteiger partial charge < -0.3 is 15.0 Å². The van der Waals surface area contributed by atoms with Crippen molar-refractivity contribution in [3.8, 4) is 0 Å². The summed E-state index contributed by atoms with van der Waals surface area (Å²) in [4.78, 5) is 26.7. The van der Waals surface area contributed by atoms with Crippen molar-refractivity contribution in [2.45, 2.75) is 51.6 Å². The Balaban J connectivity index is 1.29. The number of nitrogens with one attached hydrogen (secondary N) is 1. The highest BCUT2D eigenvalue weighted by Crippen LogP contribution is 2.29. The van der Waals surface area contributed by atoms with Crippen LogP contribution in [0, 0.1) is 6.92 Å². The number of hydrogen-bond acceptors (Lipinski definition) is 4. The summed E-state index contributed by atoms with van der Waals surface area (Å²) in [6, 6.07) is 8.29. The van der Waals surface area contributed by atoms with Gasteiger partial charge in [-0.15, -0.1) is 0 Å². The van der Waals surface area contributed by atoms with Gasteiger partial charge in [-0.1, -0.05) is 18.2 Å². The maximum atomic E-state index is 12.7. The summed E-state index contributed by atoms with van der Waals surface area (Å²) in [5, 5.41) is 10.8. The Morgan fingerprint density at radius 1 is 1.24 bits per heavy atom. The van der Waals surface area contributed by atoms with Gasteiger partial charge in [0.2, 0.25) is 5.91 Å². The highest BCUT2D eigenvalue weighted by Gasteiger charge is 2.26. The number of nitrogens with zero attached hydrogens (tertiary/aromatic N) is 3. The molecular formula is C23H28N4O2. The van der Waals surface area contributed by atoms with E-state index >= 15 is 0 Å². The van der Waals surface area contributed by atoms with Crippen LogP contribution in [0.25, 0.3) is 10.9 Å². The summed E-state index contributed by atoms with van der Waals surface area (Å²) in [5.41, 5.74) is 4.19. The third-order valence-corrected chi connectivity index (χ3v) is 5.93. The third kappa shape index (κ3) is 4.32. The van der Waals surface area contributed by atoms with Crippen LogP contribution in [0.5, 0.6) is 0 Å². The standard InChI is InChI=1S/C23H28N4O2/c1-16-24-14-19(15-28)23(26-16)17-9-11-27(12-10-17)22(29)8-4-5-18-13-25-21-7-3-2-6-20(18)21/h2-3,6-7,13-14,17,25,28H,4-5,8-12,15H2,1H3. The average molecular weight is 393 g/mol. The molecule has 4 rings (SSSR count). The van der Waals surface area contributed by atoms with E-state index in [1.807, 2.05) is 17.9 Å². The van der Waals surface area contributed by atoms with Gasteiger partial charge in [-0.25, -0.2) is 9.97 Å². The van der Waals surface area contributed by atoms with E-state index in [0.717, 1.165) is 61.4 Å². The first-order valence-corrected chi connectivity index (χ1v) is 10.4. The third-order valence-electron chi connectivity index (χ3n) is 5.93. The summed E-state index contributed by atoms with van der Waals surface area (Å²) in [5.74, 6) is 1.26. The van der Waals surface area contributed by atoms with Crippen LogP contribution in [0.4, 0.5) is 0 Å². The molecule has 0 saturated carbocycles. The molecule has 0 atom stereocenters. The van der Waals surface area contributed by atoms with E-state index in [1.54, 1.807) is 6.20 Å². The monoisotopic (exact) mass is 392 g/mol. The first-order chi connectivity index (χ1) is 14.2. The molecule has 152 valence electrons. The number of aliphatic hydroxyl groups excluding tert-OH is 1. The molecule has 1 aliphatic heterocycles. The number of H-pyrrole nitrogens is 1. The Bertz CT molecular complexity index is 989. The van der Waals surface area contributed by atoms with Gasteiger partial charge in [-0.3, -0.25) is 4.79 Å². The van der Waals surface area contributed by atoms with Crippen LogP contribution in [-0.2, 0) is 17.8 Å². The molecule has 0 bridgehead atoms. The van der Waals surface area contributed by atoms with Crippen LogP contribution in [0.1, 0.15) is 54.2 Å². The molecule has 0 aliphatic carbocycles. The van der Waals surface area contributed by atoms with Crippen molar-refractivity contribution < 1.29 is 9.90 Å². The number of aromatic nitrogens is 3. The van der Waals surface area contributed by atoms with Crippen LogP contribution < -0.4 is 0 Å². The van der Waals surface area contributed by atoms with E-state index < -0.39 is 0 Å². The largest absolute Gasteiger partial charge is 0.392 e. The van der Waals surface area contributed by atoms with E-state index in [1.165, 1.54) is 10.9 Å². The number of benzene rings is 1. The van der Waals surface area contributed by atoms with E-state index in [4.69, 9.17) is 0 Å². The van der Waals surface area contributed by atoms with Gasteiger partial charge >= 0.3 is 0 Å². The highest BCUT2D eigenvalue weighted by atomic mass is 16.3. The Labute approximate surface area is 171 Å². The highest BCUT2D eigenvalue weighted by molar-refractivity contribution is 5.83. The molecular weight excluding hydrogens is 364 g/mol. The van der Waals surface area contributed by atoms with Gasteiger partial charge in [0.05, 0.1) is 12.3 Å². The number of hydrogen-bond donors (Lipinski definition) is 2. The lowest BCUT2D eigenvalue weighted by Crippen LogP contribution is -2.38. The second kappa shape index (κ2) is 8.74. The smallest absolute Gasteiger partial charge is 0.222 e. The molecule has 3 heterocycles. The van der Waals surface area contributed by atoms with Gasteiger partial charge in [-0.2, -0.15) is 0 Å². The zero-order valence-corrected chi connectivity index (χ0v) is 16.9. The Morgan fingerprint density at radius 2 is 2.03 bits per heavy atom. The lowest BCUT2D eigenvalue weighted by Gasteiger charge is -2.32. The number of aliphatic hydroxyl groups is 1. The Kier molecular flexibility index (Phi) is 5.90. The summed E-state index contributed by atoms with van der Waals surface area (Å²) in [7, 11) is 0. The predicted octanol–water partition coefficient (Wildman–Crippen LogP) is 3.49. The second-order valence-electron chi connectivity index (χ2n) is 7.85. The number of para-hydroxylation sites is 1. The van der Waals surface area contributed by atoms with Crippen LogP contribution in [0.15, 0.2) is 36.7 Å². The molecule has 0 unspecified atom stereocenters. The Hall–Kier alpha value is -2.73. The fraction of sp³-hybridized carbons (Fsp3) is 0.435. The van der Waals surface area contributed by atoms with Gasteiger partial charge in [0.15, 0.2) is 0 Å². The van der Waals surface area contributed by atoms with Crippen LogP contribution >= 0.6 is 0 Å². The number of carbonyl (C=O) groups is 1. The van der Waals surface area contributed by atoms with E-state index in [0.29, 0.717) is 6.42 Å². The number of fused-ring (bicyclic) bond motifs is 1. The van der Waals surface area contributed by atoms with Crippen molar-refractivity contribution in [3.05, 3.63) is 59.3 Å². The lowest BCUT2D eigenvalue weighted by molar-refractivity contribution is -0.132. The average Bonchev–Trinajstić information content (AvgIpc) is 3.17. The molecule has 1 amide bonds. The molecule has 1 fully saturated rings. The molecule has 6 nitrogen and oxygen atoms in total. The van der Waals surface area contributed by atoms with Crippen molar-refractivity contribution in [3.63, 3.8) is 0 Å². The molecule has 2 aromatic heterocycles. The van der Waals surface area contributed by atoms with Gasteiger partial charge in [-0.05, 0) is 44.2 Å². The lowest BCUT2D eigenvalue weighted by atomic mass is 9.90. The summed E-state index contributed by atoms with van der Waals surface area (Å²) < 4.78 is 0. The topological polar surface area (TPSA) is 82.1 Å². The minimum atomic E-state index is -0.0391. The van der Waals surface area contributed by atoms with Crippen LogP contribution in [0.3, 0.4) is 0 Å². The molecule has 1 saturated heterocycles. The first kappa shape index (κ1) is 19.6. The predicted molar refractivity (Wildman–Crippen MR) is 112 cm³/mol. The fourth-order valence-corrected chi connectivity index (χ4v) is 4.32. The van der Waals surface area contributed by atoms with Gasteiger partial charge in [0.25, 0.3) is 0 Å². The Morgan fingerprint density at radius 3 is 2.83 bits per heavy atom. The molecule has 6 heteroatoms. The second-order valence-corrected chi connectivity index (χ2v) is 7.85. The number of amides is 1. The number of rotatable bonds is 6. The van der Waals surface area contributed by atoms with Crippen LogP contribution in [0.2, 0.25) is 0 Å². The number of likely N-dealkylation sites (tertiary alicyclic amines) is 1. The fourth-order valence-electron chi connectivity index (χ4n) is 4.32.